The first-order chi connectivity index (χ1) is 8.74. The molecule has 1 aromatic carbocycles. The SMILES string of the molecule is CC1CC(Br)=CC2=NC(c3ccccc3)=CCC21. The summed E-state index contributed by atoms with van der Waals surface area (Å²) in [7, 11) is 0. The van der Waals surface area contributed by atoms with E-state index in [1.165, 1.54) is 15.8 Å². The molecule has 0 saturated carbocycles. The summed E-state index contributed by atoms with van der Waals surface area (Å²) >= 11 is 3.63. The number of benzene rings is 1. The monoisotopic (exact) mass is 301 g/mol. The van der Waals surface area contributed by atoms with E-state index in [2.05, 4.69) is 59.3 Å². The summed E-state index contributed by atoms with van der Waals surface area (Å²) in [5.41, 5.74) is 3.57. The van der Waals surface area contributed by atoms with Gasteiger partial charge < -0.3 is 0 Å². The van der Waals surface area contributed by atoms with Crippen molar-refractivity contribution < 1.29 is 0 Å². The van der Waals surface area contributed by atoms with Crippen molar-refractivity contribution in [1.82, 2.24) is 0 Å². The quantitative estimate of drug-likeness (QED) is 0.706. The van der Waals surface area contributed by atoms with E-state index in [4.69, 9.17) is 4.99 Å². The number of halogens is 1. The third kappa shape index (κ3) is 2.22. The molecule has 1 aliphatic heterocycles. The predicted octanol–water partition coefficient (Wildman–Crippen LogP) is 4.81. The van der Waals surface area contributed by atoms with Crippen LogP contribution in [-0.2, 0) is 0 Å². The Kier molecular flexibility index (Phi) is 3.21. The topological polar surface area (TPSA) is 12.4 Å². The van der Waals surface area contributed by atoms with Gasteiger partial charge in [0.15, 0.2) is 0 Å². The van der Waals surface area contributed by atoms with Gasteiger partial charge >= 0.3 is 0 Å². The second-order valence-electron chi connectivity index (χ2n) is 5.11. The Balaban J connectivity index is 1.96. The van der Waals surface area contributed by atoms with Gasteiger partial charge in [-0.3, -0.25) is 4.99 Å². The zero-order valence-corrected chi connectivity index (χ0v) is 12.0. The van der Waals surface area contributed by atoms with Crippen LogP contribution in [-0.4, -0.2) is 5.71 Å². The summed E-state index contributed by atoms with van der Waals surface area (Å²) in [5.74, 6) is 1.27. The molecule has 0 radical (unpaired) electrons. The average Bonchev–Trinajstić information content (AvgIpc) is 2.39. The molecule has 1 heterocycles. The average molecular weight is 302 g/mol. The molecule has 2 heteroatoms. The molecule has 0 bridgehead atoms. The van der Waals surface area contributed by atoms with Crippen LogP contribution < -0.4 is 0 Å². The van der Waals surface area contributed by atoms with Crippen molar-refractivity contribution in [1.29, 1.82) is 0 Å². The highest BCUT2D eigenvalue weighted by atomic mass is 79.9. The largest absolute Gasteiger partial charge is 0.253 e. The molecule has 1 nitrogen and oxygen atoms in total. The first-order valence-electron chi connectivity index (χ1n) is 6.44. The van der Waals surface area contributed by atoms with Crippen LogP contribution in [0.5, 0.6) is 0 Å². The number of hydrogen-bond acceptors (Lipinski definition) is 1. The Morgan fingerprint density at radius 2 is 2.00 bits per heavy atom. The lowest BCUT2D eigenvalue weighted by Gasteiger charge is -2.30. The fraction of sp³-hybridized carbons (Fsp3) is 0.312. The van der Waals surface area contributed by atoms with E-state index in [0.29, 0.717) is 11.8 Å². The molecule has 0 saturated heterocycles. The molecular formula is C16H16BrN. The Labute approximate surface area is 116 Å². The minimum atomic E-state index is 0.596. The summed E-state index contributed by atoms with van der Waals surface area (Å²) < 4.78 is 1.28. The molecular weight excluding hydrogens is 286 g/mol. The number of hydrogen-bond donors (Lipinski definition) is 0. The molecule has 2 unspecified atom stereocenters. The zero-order chi connectivity index (χ0) is 12.5. The van der Waals surface area contributed by atoms with Gasteiger partial charge in [-0.1, -0.05) is 59.3 Å². The first-order valence-corrected chi connectivity index (χ1v) is 7.23. The van der Waals surface area contributed by atoms with Gasteiger partial charge in [-0.15, -0.1) is 0 Å². The smallest absolute Gasteiger partial charge is 0.0665 e. The van der Waals surface area contributed by atoms with Gasteiger partial charge in [0.05, 0.1) is 5.70 Å². The molecule has 3 rings (SSSR count). The van der Waals surface area contributed by atoms with Crippen LogP contribution in [0.15, 0.2) is 52.0 Å². The third-order valence-corrected chi connectivity index (χ3v) is 4.33. The highest BCUT2D eigenvalue weighted by molar-refractivity contribution is 9.11. The second-order valence-corrected chi connectivity index (χ2v) is 6.13. The lowest BCUT2D eigenvalue weighted by atomic mass is 9.79. The fourth-order valence-electron chi connectivity index (χ4n) is 2.75. The van der Waals surface area contributed by atoms with E-state index < -0.39 is 0 Å². The van der Waals surface area contributed by atoms with E-state index in [0.717, 1.165) is 18.5 Å². The number of aliphatic imine (C=N–C) groups is 1. The van der Waals surface area contributed by atoms with Gasteiger partial charge in [0.1, 0.15) is 0 Å². The van der Waals surface area contributed by atoms with Gasteiger partial charge in [0.25, 0.3) is 0 Å². The highest BCUT2D eigenvalue weighted by Gasteiger charge is 2.28. The van der Waals surface area contributed by atoms with E-state index in [1.807, 2.05) is 6.07 Å². The van der Waals surface area contributed by atoms with Crippen LogP contribution in [0, 0.1) is 11.8 Å². The van der Waals surface area contributed by atoms with Crippen molar-refractivity contribution in [3.8, 4) is 0 Å². The molecule has 0 fully saturated rings. The normalized spacial score (nSPS) is 26.9. The summed E-state index contributed by atoms with van der Waals surface area (Å²) in [4.78, 5) is 4.85. The Morgan fingerprint density at radius 3 is 2.78 bits per heavy atom. The van der Waals surface area contributed by atoms with Crippen LogP contribution in [0.3, 0.4) is 0 Å². The minimum Gasteiger partial charge on any atom is -0.253 e. The molecule has 2 aliphatic rings. The van der Waals surface area contributed by atoms with Crippen LogP contribution in [0.2, 0.25) is 0 Å². The lowest BCUT2D eigenvalue weighted by Crippen LogP contribution is -2.26. The molecule has 2 atom stereocenters. The Morgan fingerprint density at radius 1 is 1.22 bits per heavy atom. The van der Waals surface area contributed by atoms with Gasteiger partial charge in [-0.05, 0) is 34.9 Å². The van der Waals surface area contributed by atoms with Gasteiger partial charge in [-0.25, -0.2) is 0 Å². The molecule has 0 amide bonds. The molecule has 1 aliphatic carbocycles. The number of allylic oxidation sites excluding steroid dienone is 3. The second kappa shape index (κ2) is 4.85. The maximum atomic E-state index is 4.85. The maximum Gasteiger partial charge on any atom is 0.0665 e. The van der Waals surface area contributed by atoms with E-state index in [-0.39, 0.29) is 0 Å². The fourth-order valence-corrected chi connectivity index (χ4v) is 3.50. The van der Waals surface area contributed by atoms with Crippen molar-refractivity contribution in [3.05, 3.63) is 52.5 Å². The summed E-state index contributed by atoms with van der Waals surface area (Å²) in [5, 5.41) is 0. The summed E-state index contributed by atoms with van der Waals surface area (Å²) in [6, 6.07) is 10.4. The van der Waals surface area contributed by atoms with E-state index >= 15 is 0 Å². The van der Waals surface area contributed by atoms with E-state index in [1.54, 1.807) is 0 Å². The summed E-state index contributed by atoms with van der Waals surface area (Å²) in [6.45, 7) is 2.32. The van der Waals surface area contributed by atoms with Crippen molar-refractivity contribution in [2.24, 2.45) is 16.8 Å². The van der Waals surface area contributed by atoms with Crippen molar-refractivity contribution in [3.63, 3.8) is 0 Å². The minimum absolute atomic E-state index is 0.596. The van der Waals surface area contributed by atoms with Crippen LogP contribution in [0.4, 0.5) is 0 Å². The van der Waals surface area contributed by atoms with Crippen molar-refractivity contribution >= 4 is 27.3 Å². The summed E-state index contributed by atoms with van der Waals surface area (Å²) in [6.07, 6.45) is 6.74. The van der Waals surface area contributed by atoms with Gasteiger partial charge in [0, 0.05) is 11.6 Å². The third-order valence-electron chi connectivity index (χ3n) is 3.77. The molecule has 0 N–H and O–H groups in total. The predicted molar refractivity (Wildman–Crippen MR) is 80.8 cm³/mol. The van der Waals surface area contributed by atoms with Crippen LogP contribution in [0.1, 0.15) is 25.3 Å². The molecule has 92 valence electrons. The number of rotatable bonds is 1. The number of fused-ring (bicyclic) bond motifs is 1. The molecule has 0 aromatic heterocycles. The van der Waals surface area contributed by atoms with Crippen molar-refractivity contribution in [2.45, 2.75) is 19.8 Å². The first kappa shape index (κ1) is 11.9. The Hall–Kier alpha value is -1.15. The molecule has 18 heavy (non-hydrogen) atoms. The standard InChI is InChI=1S/C16H16BrN/c1-11-9-13(17)10-16-14(11)7-8-15(18-16)12-5-3-2-4-6-12/h2-6,8,10-11,14H,7,9H2,1H3. The zero-order valence-electron chi connectivity index (χ0n) is 10.4. The lowest BCUT2D eigenvalue weighted by molar-refractivity contribution is 0.451. The number of nitrogens with zero attached hydrogens (tertiary/aromatic N) is 1. The van der Waals surface area contributed by atoms with Crippen LogP contribution in [0.25, 0.3) is 5.70 Å². The van der Waals surface area contributed by atoms with Crippen molar-refractivity contribution in [2.75, 3.05) is 0 Å². The maximum absolute atomic E-state index is 4.85. The Bertz CT molecular complexity index is 539. The highest BCUT2D eigenvalue weighted by Crippen LogP contribution is 2.37. The van der Waals surface area contributed by atoms with Crippen LogP contribution >= 0.6 is 15.9 Å². The molecule has 0 spiro atoms. The van der Waals surface area contributed by atoms with E-state index in [9.17, 15) is 0 Å². The van der Waals surface area contributed by atoms with Gasteiger partial charge in [-0.2, -0.15) is 0 Å². The molecule has 1 aromatic rings. The van der Waals surface area contributed by atoms with Gasteiger partial charge in [0.2, 0.25) is 0 Å².